The van der Waals surface area contributed by atoms with Crippen LogP contribution in [0.4, 0.5) is 0 Å². The van der Waals surface area contributed by atoms with Crippen LogP contribution in [0.5, 0.6) is 5.75 Å². The predicted octanol–water partition coefficient (Wildman–Crippen LogP) is 2.38. The fraction of sp³-hybridized carbons (Fsp3) is 0.143. The van der Waals surface area contributed by atoms with Gasteiger partial charge in [0.15, 0.2) is 0 Å². The maximum Gasteiger partial charge on any atom is 0.307 e. The van der Waals surface area contributed by atoms with Gasteiger partial charge in [0.2, 0.25) is 0 Å². The standard InChI is InChI=1S/C14H13NO3/c1-18-13-5-4-10(8-14(16)17)7-12(13)11-3-2-6-15-9-11/h2-7,9H,8H2,1H3,(H,16,17). The van der Waals surface area contributed by atoms with E-state index >= 15 is 0 Å². The van der Waals surface area contributed by atoms with Gasteiger partial charge in [-0.25, -0.2) is 0 Å². The summed E-state index contributed by atoms with van der Waals surface area (Å²) in [5.74, 6) is -0.144. The molecule has 0 fully saturated rings. The van der Waals surface area contributed by atoms with Crippen LogP contribution in [0.25, 0.3) is 11.1 Å². The summed E-state index contributed by atoms with van der Waals surface area (Å²) in [4.78, 5) is 14.8. The van der Waals surface area contributed by atoms with Crippen LogP contribution >= 0.6 is 0 Å². The monoisotopic (exact) mass is 243 g/mol. The van der Waals surface area contributed by atoms with Gasteiger partial charge < -0.3 is 9.84 Å². The minimum Gasteiger partial charge on any atom is -0.496 e. The molecule has 4 heteroatoms. The fourth-order valence-corrected chi connectivity index (χ4v) is 1.79. The summed E-state index contributed by atoms with van der Waals surface area (Å²) in [5, 5.41) is 8.81. The van der Waals surface area contributed by atoms with Gasteiger partial charge in [0.05, 0.1) is 13.5 Å². The van der Waals surface area contributed by atoms with Crippen molar-refractivity contribution < 1.29 is 14.6 Å². The Kier molecular flexibility index (Phi) is 3.57. The third-order valence-electron chi connectivity index (χ3n) is 2.59. The van der Waals surface area contributed by atoms with Crippen LogP contribution in [-0.2, 0) is 11.2 Å². The Morgan fingerprint density at radius 1 is 1.39 bits per heavy atom. The number of hydrogen-bond donors (Lipinski definition) is 1. The fourth-order valence-electron chi connectivity index (χ4n) is 1.79. The van der Waals surface area contributed by atoms with E-state index in [4.69, 9.17) is 9.84 Å². The first kappa shape index (κ1) is 12.1. The Balaban J connectivity index is 2.46. The quantitative estimate of drug-likeness (QED) is 0.895. The van der Waals surface area contributed by atoms with E-state index in [1.54, 1.807) is 31.6 Å². The smallest absolute Gasteiger partial charge is 0.307 e. The average molecular weight is 243 g/mol. The number of carbonyl (C=O) groups is 1. The van der Waals surface area contributed by atoms with Gasteiger partial charge in [0, 0.05) is 23.5 Å². The molecule has 1 heterocycles. The van der Waals surface area contributed by atoms with Crippen LogP contribution in [0.15, 0.2) is 42.7 Å². The molecule has 0 amide bonds. The van der Waals surface area contributed by atoms with E-state index in [0.717, 1.165) is 16.7 Å². The first-order valence-electron chi connectivity index (χ1n) is 5.50. The first-order chi connectivity index (χ1) is 8.70. The van der Waals surface area contributed by atoms with E-state index in [0.29, 0.717) is 5.75 Å². The van der Waals surface area contributed by atoms with E-state index in [1.807, 2.05) is 18.2 Å². The molecule has 0 saturated heterocycles. The molecule has 92 valence electrons. The molecule has 1 N–H and O–H groups in total. The summed E-state index contributed by atoms with van der Waals surface area (Å²) >= 11 is 0. The molecule has 2 rings (SSSR count). The molecule has 0 atom stereocenters. The van der Waals surface area contributed by atoms with Gasteiger partial charge in [-0.15, -0.1) is 0 Å². The summed E-state index contributed by atoms with van der Waals surface area (Å²) in [6.07, 6.45) is 3.41. The lowest BCUT2D eigenvalue weighted by atomic mass is 10.0. The summed E-state index contributed by atoms with van der Waals surface area (Å²) < 4.78 is 5.28. The zero-order chi connectivity index (χ0) is 13.0. The zero-order valence-electron chi connectivity index (χ0n) is 9.96. The van der Waals surface area contributed by atoms with Crippen LogP contribution in [0.2, 0.25) is 0 Å². The summed E-state index contributed by atoms with van der Waals surface area (Å²) in [6, 6.07) is 9.10. The molecule has 2 aromatic rings. The molecule has 4 nitrogen and oxygen atoms in total. The molecule has 0 aliphatic heterocycles. The van der Waals surface area contributed by atoms with Crippen LogP contribution in [0, 0.1) is 0 Å². The van der Waals surface area contributed by atoms with Crippen LogP contribution in [0.1, 0.15) is 5.56 Å². The lowest BCUT2D eigenvalue weighted by molar-refractivity contribution is -0.136. The second-order valence-corrected chi connectivity index (χ2v) is 3.85. The average Bonchev–Trinajstić information content (AvgIpc) is 2.39. The molecule has 0 radical (unpaired) electrons. The van der Waals surface area contributed by atoms with E-state index in [9.17, 15) is 4.79 Å². The van der Waals surface area contributed by atoms with Gasteiger partial charge in [0.25, 0.3) is 0 Å². The predicted molar refractivity (Wildman–Crippen MR) is 67.6 cm³/mol. The van der Waals surface area contributed by atoms with Crippen molar-refractivity contribution in [2.75, 3.05) is 7.11 Å². The molecule has 0 bridgehead atoms. The molecular weight excluding hydrogens is 230 g/mol. The number of carboxylic acid groups (broad SMARTS) is 1. The molecule has 0 saturated carbocycles. The summed E-state index contributed by atoms with van der Waals surface area (Å²) in [5.41, 5.74) is 2.49. The van der Waals surface area contributed by atoms with Crippen LogP contribution in [0.3, 0.4) is 0 Å². The molecule has 0 spiro atoms. The third kappa shape index (κ3) is 2.66. The van der Waals surface area contributed by atoms with Crippen molar-refractivity contribution >= 4 is 5.97 Å². The van der Waals surface area contributed by atoms with Crippen LogP contribution < -0.4 is 4.74 Å². The number of benzene rings is 1. The molecule has 18 heavy (non-hydrogen) atoms. The Morgan fingerprint density at radius 2 is 2.22 bits per heavy atom. The number of pyridine rings is 1. The highest BCUT2D eigenvalue weighted by Gasteiger charge is 2.09. The van der Waals surface area contributed by atoms with E-state index < -0.39 is 5.97 Å². The number of ether oxygens (including phenoxy) is 1. The van der Waals surface area contributed by atoms with Crippen LogP contribution in [-0.4, -0.2) is 23.2 Å². The molecule has 0 unspecified atom stereocenters. The highest BCUT2D eigenvalue weighted by atomic mass is 16.5. The minimum atomic E-state index is -0.850. The highest BCUT2D eigenvalue weighted by molar-refractivity contribution is 5.74. The van der Waals surface area contributed by atoms with E-state index in [1.165, 1.54) is 0 Å². The second-order valence-electron chi connectivity index (χ2n) is 3.85. The van der Waals surface area contributed by atoms with Gasteiger partial charge in [-0.1, -0.05) is 12.1 Å². The van der Waals surface area contributed by atoms with Gasteiger partial charge in [-0.2, -0.15) is 0 Å². The van der Waals surface area contributed by atoms with Crippen molar-refractivity contribution in [3.8, 4) is 16.9 Å². The van der Waals surface area contributed by atoms with Gasteiger partial charge in [-0.05, 0) is 23.8 Å². The number of hydrogen-bond acceptors (Lipinski definition) is 3. The third-order valence-corrected chi connectivity index (χ3v) is 2.59. The van der Waals surface area contributed by atoms with E-state index in [2.05, 4.69) is 4.98 Å². The summed E-state index contributed by atoms with van der Waals surface area (Å²) in [6.45, 7) is 0. The lowest BCUT2D eigenvalue weighted by Gasteiger charge is -2.10. The number of methoxy groups -OCH3 is 1. The van der Waals surface area contributed by atoms with Crippen molar-refractivity contribution in [2.24, 2.45) is 0 Å². The normalized spacial score (nSPS) is 10.1. The number of rotatable bonds is 4. The van der Waals surface area contributed by atoms with Crippen molar-refractivity contribution in [3.05, 3.63) is 48.3 Å². The van der Waals surface area contributed by atoms with Crippen molar-refractivity contribution in [1.29, 1.82) is 0 Å². The van der Waals surface area contributed by atoms with Gasteiger partial charge >= 0.3 is 5.97 Å². The molecular formula is C14H13NO3. The SMILES string of the molecule is COc1ccc(CC(=O)O)cc1-c1cccnc1. The van der Waals surface area contributed by atoms with E-state index in [-0.39, 0.29) is 6.42 Å². The maximum absolute atomic E-state index is 10.7. The van der Waals surface area contributed by atoms with Gasteiger partial charge in [0.1, 0.15) is 5.75 Å². The second kappa shape index (κ2) is 5.31. The lowest BCUT2D eigenvalue weighted by Crippen LogP contribution is -2.00. The highest BCUT2D eigenvalue weighted by Crippen LogP contribution is 2.30. The first-order valence-corrected chi connectivity index (χ1v) is 5.50. The topological polar surface area (TPSA) is 59.4 Å². The number of carboxylic acids is 1. The molecule has 0 aliphatic rings. The minimum absolute atomic E-state index is 0.00272. The summed E-state index contributed by atoms with van der Waals surface area (Å²) in [7, 11) is 1.59. The number of nitrogens with zero attached hydrogens (tertiary/aromatic N) is 1. The van der Waals surface area contributed by atoms with Crippen molar-refractivity contribution in [2.45, 2.75) is 6.42 Å². The number of aliphatic carboxylic acids is 1. The van der Waals surface area contributed by atoms with Gasteiger partial charge in [-0.3, -0.25) is 9.78 Å². The Hall–Kier alpha value is -2.36. The maximum atomic E-state index is 10.7. The molecule has 0 aliphatic carbocycles. The van der Waals surface area contributed by atoms with Crippen molar-refractivity contribution in [1.82, 2.24) is 4.98 Å². The van der Waals surface area contributed by atoms with Crippen molar-refractivity contribution in [3.63, 3.8) is 0 Å². The molecule has 1 aromatic carbocycles. The number of aromatic nitrogens is 1. The zero-order valence-corrected chi connectivity index (χ0v) is 9.96. The molecule has 1 aromatic heterocycles. The Morgan fingerprint density at radius 3 is 2.83 bits per heavy atom. The largest absolute Gasteiger partial charge is 0.496 e. The Bertz CT molecular complexity index is 552. The Labute approximate surface area is 105 Å².